The highest BCUT2D eigenvalue weighted by molar-refractivity contribution is 9.10. The predicted molar refractivity (Wildman–Crippen MR) is 95.0 cm³/mol. The number of hydrogen-bond donors (Lipinski definition) is 2. The number of amides is 1. The van der Waals surface area contributed by atoms with Crippen LogP contribution in [0.1, 0.15) is 11.1 Å². The van der Waals surface area contributed by atoms with Crippen molar-refractivity contribution in [3.05, 3.63) is 72.2 Å². The van der Waals surface area contributed by atoms with E-state index in [1.165, 1.54) is 12.3 Å². The zero-order valence-electron chi connectivity index (χ0n) is 13.0. The zero-order chi connectivity index (χ0) is 19.3. The van der Waals surface area contributed by atoms with Crippen LogP contribution in [0.15, 0.2) is 46.0 Å². The first kappa shape index (κ1) is 19.0. The van der Waals surface area contributed by atoms with Gasteiger partial charge in [-0.25, -0.2) is 5.43 Å². The molecule has 0 heterocycles. The number of benzene rings is 2. The minimum Gasteiger partial charge on any atom is -0.507 e. The molecule has 0 bridgehead atoms. The van der Waals surface area contributed by atoms with Crippen LogP contribution >= 0.6 is 15.9 Å². The molecule has 0 saturated carbocycles. The van der Waals surface area contributed by atoms with E-state index in [4.69, 9.17) is 0 Å². The van der Waals surface area contributed by atoms with Crippen LogP contribution in [0.5, 0.6) is 5.75 Å². The molecule has 26 heavy (non-hydrogen) atoms. The fourth-order valence-electron chi connectivity index (χ4n) is 2.00. The van der Waals surface area contributed by atoms with E-state index in [9.17, 15) is 30.1 Å². The van der Waals surface area contributed by atoms with Gasteiger partial charge < -0.3 is 5.11 Å². The van der Waals surface area contributed by atoms with Gasteiger partial charge in [0.05, 0.1) is 28.5 Å². The van der Waals surface area contributed by atoms with Gasteiger partial charge in [0.1, 0.15) is 5.75 Å². The SMILES string of the molecule is O=C(Cc1ccc([N+](=O)[O-])cc1[N+](=O)[O-])N/N=C\c1cc(Br)ccc1O. The molecule has 2 aromatic rings. The van der Waals surface area contributed by atoms with Crippen molar-refractivity contribution in [3.63, 3.8) is 0 Å². The van der Waals surface area contributed by atoms with Crippen molar-refractivity contribution in [2.24, 2.45) is 5.10 Å². The number of nitrogens with one attached hydrogen (secondary N) is 1. The van der Waals surface area contributed by atoms with E-state index in [2.05, 4.69) is 26.5 Å². The fourth-order valence-corrected chi connectivity index (χ4v) is 2.38. The quantitative estimate of drug-likeness (QED) is 0.415. The van der Waals surface area contributed by atoms with Gasteiger partial charge in [-0.15, -0.1) is 0 Å². The Labute approximate surface area is 154 Å². The summed E-state index contributed by atoms with van der Waals surface area (Å²) in [5.74, 6) is -0.704. The molecule has 0 fully saturated rings. The Morgan fingerprint density at radius 1 is 1.19 bits per heavy atom. The molecule has 2 N–H and O–H groups in total. The summed E-state index contributed by atoms with van der Waals surface area (Å²) in [5.41, 5.74) is 1.57. The number of carbonyl (C=O) groups excluding carboxylic acids is 1. The fraction of sp³-hybridized carbons (Fsp3) is 0.0667. The van der Waals surface area contributed by atoms with Crippen molar-refractivity contribution >= 4 is 39.4 Å². The van der Waals surface area contributed by atoms with Crippen LogP contribution < -0.4 is 5.43 Å². The zero-order valence-corrected chi connectivity index (χ0v) is 14.5. The maximum Gasteiger partial charge on any atom is 0.279 e. The van der Waals surface area contributed by atoms with Crippen LogP contribution in [-0.4, -0.2) is 27.1 Å². The molecule has 0 aliphatic rings. The van der Waals surface area contributed by atoms with Crippen molar-refractivity contribution in [3.8, 4) is 5.75 Å². The third kappa shape index (κ3) is 4.83. The van der Waals surface area contributed by atoms with E-state index < -0.39 is 33.5 Å². The lowest BCUT2D eigenvalue weighted by Crippen LogP contribution is -2.20. The Bertz CT molecular complexity index is 915. The average molecular weight is 423 g/mol. The van der Waals surface area contributed by atoms with Crippen LogP contribution in [0.4, 0.5) is 11.4 Å². The molecule has 134 valence electrons. The molecule has 0 atom stereocenters. The molecule has 0 spiro atoms. The molecular weight excluding hydrogens is 412 g/mol. The highest BCUT2D eigenvalue weighted by Gasteiger charge is 2.20. The van der Waals surface area contributed by atoms with Gasteiger partial charge in [0.2, 0.25) is 5.91 Å². The topological polar surface area (TPSA) is 148 Å². The number of hydrogen-bond acceptors (Lipinski definition) is 7. The molecule has 1 amide bonds. The number of phenolic OH excluding ortho intramolecular Hbond substituents is 1. The van der Waals surface area contributed by atoms with Gasteiger partial charge in [-0.1, -0.05) is 15.9 Å². The van der Waals surface area contributed by atoms with Crippen LogP contribution in [0.2, 0.25) is 0 Å². The Morgan fingerprint density at radius 2 is 1.92 bits per heavy atom. The molecular formula is C15H11BrN4O6. The summed E-state index contributed by atoms with van der Waals surface area (Å²) in [4.78, 5) is 32.1. The largest absolute Gasteiger partial charge is 0.507 e. The first-order valence-corrected chi connectivity index (χ1v) is 7.79. The highest BCUT2D eigenvalue weighted by Crippen LogP contribution is 2.25. The van der Waals surface area contributed by atoms with Gasteiger partial charge in [-0.3, -0.25) is 25.0 Å². The molecule has 0 aliphatic carbocycles. The number of nitrogens with zero attached hydrogens (tertiary/aromatic N) is 3. The molecule has 0 unspecified atom stereocenters. The minimum atomic E-state index is -0.793. The lowest BCUT2D eigenvalue weighted by molar-refractivity contribution is -0.394. The third-order valence-corrected chi connectivity index (χ3v) is 3.70. The first-order valence-electron chi connectivity index (χ1n) is 7.00. The summed E-state index contributed by atoms with van der Waals surface area (Å²) in [6.45, 7) is 0. The van der Waals surface area contributed by atoms with E-state index in [0.29, 0.717) is 10.0 Å². The maximum absolute atomic E-state index is 11.9. The van der Waals surface area contributed by atoms with Crippen LogP contribution in [0, 0.1) is 20.2 Å². The van der Waals surface area contributed by atoms with Gasteiger partial charge in [0.25, 0.3) is 11.4 Å². The predicted octanol–water partition coefficient (Wildman–Crippen LogP) is 2.66. The van der Waals surface area contributed by atoms with Crippen molar-refractivity contribution in [1.29, 1.82) is 0 Å². The Morgan fingerprint density at radius 3 is 2.58 bits per heavy atom. The number of nitro benzene ring substituents is 2. The summed E-state index contributed by atoms with van der Waals surface area (Å²) >= 11 is 3.23. The lowest BCUT2D eigenvalue weighted by atomic mass is 10.1. The monoisotopic (exact) mass is 422 g/mol. The van der Waals surface area contributed by atoms with Gasteiger partial charge in [0, 0.05) is 21.7 Å². The Kier molecular flexibility index (Phi) is 5.96. The Balaban J connectivity index is 2.10. The molecule has 2 aromatic carbocycles. The summed E-state index contributed by atoms with van der Waals surface area (Å²) < 4.78 is 0.699. The Hall–Kier alpha value is -3.34. The average Bonchev–Trinajstić information content (AvgIpc) is 2.57. The normalized spacial score (nSPS) is 10.7. The maximum atomic E-state index is 11.9. The number of nitro groups is 2. The highest BCUT2D eigenvalue weighted by atomic mass is 79.9. The summed E-state index contributed by atoms with van der Waals surface area (Å²) in [7, 11) is 0. The van der Waals surface area contributed by atoms with Crippen LogP contribution in [0.25, 0.3) is 0 Å². The molecule has 10 nitrogen and oxygen atoms in total. The van der Waals surface area contributed by atoms with E-state index >= 15 is 0 Å². The summed E-state index contributed by atoms with van der Waals surface area (Å²) in [5, 5.41) is 35.1. The molecule has 11 heteroatoms. The summed E-state index contributed by atoms with van der Waals surface area (Å²) in [6, 6.07) is 7.67. The van der Waals surface area contributed by atoms with Crippen LogP contribution in [-0.2, 0) is 11.2 Å². The number of hydrazone groups is 1. The summed E-state index contributed by atoms with van der Waals surface area (Å²) in [6.07, 6.45) is 0.818. The second-order valence-corrected chi connectivity index (χ2v) is 5.92. The van der Waals surface area contributed by atoms with Gasteiger partial charge >= 0.3 is 0 Å². The number of phenols is 1. The third-order valence-electron chi connectivity index (χ3n) is 3.21. The molecule has 0 radical (unpaired) electrons. The minimum absolute atomic E-state index is 0.0126. The molecule has 2 rings (SSSR count). The second kappa shape index (κ2) is 8.16. The number of aromatic hydroxyl groups is 1. The van der Waals surface area contributed by atoms with Crippen molar-refractivity contribution in [2.75, 3.05) is 0 Å². The lowest BCUT2D eigenvalue weighted by Gasteiger charge is -2.03. The number of non-ortho nitro benzene ring substituents is 1. The first-order chi connectivity index (χ1) is 12.3. The number of halogens is 1. The second-order valence-electron chi connectivity index (χ2n) is 5.00. The molecule has 0 aliphatic heterocycles. The van der Waals surface area contributed by atoms with E-state index in [1.807, 2.05) is 0 Å². The van der Waals surface area contributed by atoms with Crippen molar-refractivity contribution in [1.82, 2.24) is 5.43 Å². The van der Waals surface area contributed by atoms with Crippen LogP contribution in [0.3, 0.4) is 0 Å². The van der Waals surface area contributed by atoms with Crippen molar-refractivity contribution in [2.45, 2.75) is 6.42 Å². The van der Waals surface area contributed by atoms with Gasteiger partial charge in [-0.05, 0) is 24.3 Å². The van der Waals surface area contributed by atoms with E-state index in [-0.39, 0.29) is 11.3 Å². The smallest absolute Gasteiger partial charge is 0.279 e. The van der Waals surface area contributed by atoms with Crippen molar-refractivity contribution < 1.29 is 19.7 Å². The number of carbonyl (C=O) groups is 1. The van der Waals surface area contributed by atoms with E-state index in [0.717, 1.165) is 18.2 Å². The number of rotatable bonds is 6. The molecule has 0 saturated heterocycles. The van der Waals surface area contributed by atoms with Gasteiger partial charge in [0.15, 0.2) is 0 Å². The van der Waals surface area contributed by atoms with E-state index in [1.54, 1.807) is 12.1 Å². The standard InChI is InChI=1S/C15H11BrN4O6/c16-11-2-4-14(21)10(5-11)8-17-18-15(22)6-9-1-3-12(19(23)24)7-13(9)20(25)26/h1-5,7-8,21H,6H2,(H,18,22)/b17-8-. The van der Waals surface area contributed by atoms with Gasteiger partial charge in [-0.2, -0.15) is 5.10 Å². The molecule has 0 aromatic heterocycles.